The molecule has 0 spiro atoms. The lowest BCUT2D eigenvalue weighted by atomic mass is 10.0. The Bertz CT molecular complexity index is 625. The van der Waals surface area contributed by atoms with E-state index in [4.69, 9.17) is 0 Å². The quantitative estimate of drug-likeness (QED) is 0.784. The van der Waals surface area contributed by atoms with Crippen LogP contribution >= 0.6 is 0 Å². The van der Waals surface area contributed by atoms with E-state index >= 15 is 0 Å². The molecule has 0 saturated heterocycles. The molecule has 4 nitrogen and oxygen atoms in total. The predicted molar refractivity (Wildman–Crippen MR) is 73.6 cm³/mol. The Balaban J connectivity index is 2.24. The molecule has 0 unspecified atom stereocenters. The summed E-state index contributed by atoms with van der Waals surface area (Å²) in [6.07, 6.45) is 1.22. The molecular formula is C14H18FNO3S. The van der Waals surface area contributed by atoms with Gasteiger partial charge in [0, 0.05) is 19.0 Å². The van der Waals surface area contributed by atoms with Gasteiger partial charge in [0.15, 0.2) is 0 Å². The van der Waals surface area contributed by atoms with Crippen molar-refractivity contribution in [2.45, 2.75) is 31.6 Å². The summed E-state index contributed by atoms with van der Waals surface area (Å²) < 4.78 is 34.9. The van der Waals surface area contributed by atoms with Gasteiger partial charge in [-0.2, -0.15) is 8.42 Å². The monoisotopic (exact) mass is 299 g/mol. The zero-order chi connectivity index (χ0) is 14.9. The number of carbonyl (C=O) groups is 1. The van der Waals surface area contributed by atoms with Crippen molar-refractivity contribution in [1.29, 1.82) is 0 Å². The normalized spacial score (nSPS) is 15.9. The summed E-state index contributed by atoms with van der Waals surface area (Å²) in [5.41, 5.74) is 1.79. The molecule has 0 bridgehead atoms. The van der Waals surface area contributed by atoms with Crippen molar-refractivity contribution in [3.63, 3.8) is 0 Å². The first-order valence-corrected chi connectivity index (χ1v) is 8.02. The highest BCUT2D eigenvalue weighted by Gasteiger charge is 2.22. The van der Waals surface area contributed by atoms with Crippen LogP contribution in [0.25, 0.3) is 0 Å². The largest absolute Gasteiger partial charge is 0.342 e. The second-order valence-corrected chi connectivity index (χ2v) is 6.70. The number of halogens is 1. The van der Waals surface area contributed by atoms with Crippen LogP contribution in [0.2, 0.25) is 0 Å². The molecule has 110 valence electrons. The van der Waals surface area contributed by atoms with Gasteiger partial charge in [0.1, 0.15) is 0 Å². The van der Waals surface area contributed by atoms with E-state index in [1.165, 1.54) is 12.1 Å². The number of rotatable bonds is 2. The van der Waals surface area contributed by atoms with Crippen LogP contribution in [0.1, 0.15) is 25.0 Å². The molecule has 1 aliphatic heterocycles. The molecule has 2 rings (SSSR count). The average molecular weight is 299 g/mol. The van der Waals surface area contributed by atoms with Gasteiger partial charge >= 0.3 is 10.2 Å². The fourth-order valence-corrected chi connectivity index (χ4v) is 2.95. The minimum atomic E-state index is -4.67. The van der Waals surface area contributed by atoms with Crippen LogP contribution in [0.4, 0.5) is 3.89 Å². The van der Waals surface area contributed by atoms with Crippen LogP contribution in [0, 0.1) is 5.92 Å². The van der Waals surface area contributed by atoms with E-state index in [0.29, 0.717) is 25.9 Å². The number of hydrogen-bond donors (Lipinski definition) is 0. The van der Waals surface area contributed by atoms with E-state index < -0.39 is 10.2 Å². The summed E-state index contributed by atoms with van der Waals surface area (Å²) >= 11 is 0. The van der Waals surface area contributed by atoms with Crippen LogP contribution in [-0.2, 0) is 27.9 Å². The molecule has 0 atom stereocenters. The predicted octanol–water partition coefficient (Wildman–Crippen LogP) is 1.93. The maximum absolute atomic E-state index is 13.0. The maximum atomic E-state index is 13.0. The molecule has 0 aliphatic carbocycles. The highest BCUT2D eigenvalue weighted by atomic mass is 32.3. The third-order valence-corrected chi connectivity index (χ3v) is 4.38. The summed E-state index contributed by atoms with van der Waals surface area (Å²) in [7, 11) is -4.67. The smallest absolute Gasteiger partial charge is 0.332 e. The van der Waals surface area contributed by atoms with Crippen molar-refractivity contribution in [3.05, 3.63) is 29.3 Å². The van der Waals surface area contributed by atoms with Crippen molar-refractivity contribution in [1.82, 2.24) is 4.90 Å². The minimum absolute atomic E-state index is 0.0574. The molecule has 0 saturated carbocycles. The van der Waals surface area contributed by atoms with Crippen LogP contribution < -0.4 is 0 Å². The molecule has 1 amide bonds. The number of nitrogens with zero attached hydrogens (tertiary/aromatic N) is 1. The molecule has 6 heteroatoms. The first-order chi connectivity index (χ1) is 9.29. The maximum Gasteiger partial charge on any atom is 0.332 e. The van der Waals surface area contributed by atoms with E-state index in [1.807, 2.05) is 13.8 Å². The van der Waals surface area contributed by atoms with Crippen molar-refractivity contribution in [3.8, 4) is 0 Å². The van der Waals surface area contributed by atoms with Gasteiger partial charge < -0.3 is 4.90 Å². The molecule has 0 aromatic heterocycles. The van der Waals surface area contributed by atoms with E-state index in [9.17, 15) is 17.1 Å². The lowest BCUT2D eigenvalue weighted by molar-refractivity contribution is -0.134. The summed E-state index contributed by atoms with van der Waals surface area (Å²) in [4.78, 5) is 13.5. The SMILES string of the molecule is CC(C)C(=O)N1CCc2ccc(S(=O)(=O)F)cc2CC1. The number of amides is 1. The molecule has 1 heterocycles. The Morgan fingerprint density at radius 2 is 1.80 bits per heavy atom. The molecule has 20 heavy (non-hydrogen) atoms. The third-order valence-electron chi connectivity index (χ3n) is 3.57. The topological polar surface area (TPSA) is 54.5 Å². The first-order valence-electron chi connectivity index (χ1n) is 6.64. The first kappa shape index (κ1) is 15.0. The Kier molecular flexibility index (Phi) is 4.13. The standard InChI is InChI=1S/C14H18FNO3S/c1-10(2)14(17)16-7-5-11-3-4-13(20(15,18)19)9-12(11)6-8-16/h3-4,9-10H,5-8H2,1-2H3. The second-order valence-electron chi connectivity index (χ2n) is 5.35. The molecular weight excluding hydrogens is 281 g/mol. The van der Waals surface area contributed by atoms with Crippen molar-refractivity contribution < 1.29 is 17.1 Å². The third kappa shape index (κ3) is 3.17. The lowest BCUT2D eigenvalue weighted by Gasteiger charge is -2.22. The van der Waals surface area contributed by atoms with Gasteiger partial charge in [-0.15, -0.1) is 3.89 Å². The van der Waals surface area contributed by atoms with E-state index in [-0.39, 0.29) is 16.7 Å². The number of hydrogen-bond acceptors (Lipinski definition) is 3. The molecule has 1 aliphatic rings. The highest BCUT2D eigenvalue weighted by molar-refractivity contribution is 7.86. The summed E-state index contributed by atoms with van der Waals surface area (Å²) in [5.74, 6) is 0.0362. The Morgan fingerprint density at radius 3 is 2.35 bits per heavy atom. The van der Waals surface area contributed by atoms with Gasteiger partial charge in [-0.1, -0.05) is 19.9 Å². The van der Waals surface area contributed by atoms with Crippen molar-refractivity contribution in [2.75, 3.05) is 13.1 Å². The van der Waals surface area contributed by atoms with Gasteiger partial charge in [0.05, 0.1) is 4.90 Å². The fourth-order valence-electron chi connectivity index (χ4n) is 2.44. The zero-order valence-corrected chi connectivity index (χ0v) is 12.4. The number of benzene rings is 1. The van der Waals surface area contributed by atoms with Crippen LogP contribution in [0.3, 0.4) is 0 Å². The summed E-state index contributed by atoms with van der Waals surface area (Å²) in [5, 5.41) is 0. The van der Waals surface area contributed by atoms with Crippen LogP contribution in [-0.4, -0.2) is 32.3 Å². The Labute approximate surface area is 118 Å². The van der Waals surface area contributed by atoms with Crippen LogP contribution in [0.5, 0.6) is 0 Å². The Hall–Kier alpha value is -1.43. The van der Waals surface area contributed by atoms with Gasteiger partial charge in [-0.3, -0.25) is 4.79 Å². The molecule has 1 aromatic rings. The van der Waals surface area contributed by atoms with Gasteiger partial charge in [-0.05, 0) is 36.1 Å². The van der Waals surface area contributed by atoms with Gasteiger partial charge in [-0.25, -0.2) is 0 Å². The Morgan fingerprint density at radius 1 is 1.20 bits per heavy atom. The summed E-state index contributed by atoms with van der Waals surface area (Å²) in [6, 6.07) is 4.31. The van der Waals surface area contributed by atoms with E-state index in [0.717, 1.165) is 11.1 Å². The van der Waals surface area contributed by atoms with E-state index in [1.54, 1.807) is 11.0 Å². The van der Waals surface area contributed by atoms with Gasteiger partial charge in [0.25, 0.3) is 0 Å². The molecule has 0 N–H and O–H groups in total. The minimum Gasteiger partial charge on any atom is -0.342 e. The molecule has 0 fully saturated rings. The average Bonchev–Trinajstić information content (AvgIpc) is 2.58. The summed E-state index contributed by atoms with van der Waals surface area (Å²) in [6.45, 7) is 4.87. The van der Waals surface area contributed by atoms with Gasteiger partial charge in [0.2, 0.25) is 5.91 Å². The number of carbonyl (C=O) groups excluding carboxylic acids is 1. The molecule has 0 radical (unpaired) electrons. The fraction of sp³-hybridized carbons (Fsp3) is 0.500. The van der Waals surface area contributed by atoms with Crippen LogP contribution in [0.15, 0.2) is 23.1 Å². The van der Waals surface area contributed by atoms with Crippen molar-refractivity contribution in [2.24, 2.45) is 5.92 Å². The van der Waals surface area contributed by atoms with Crippen molar-refractivity contribution >= 4 is 16.1 Å². The number of fused-ring (bicyclic) bond motifs is 1. The highest BCUT2D eigenvalue weighted by Crippen LogP contribution is 2.22. The lowest BCUT2D eigenvalue weighted by Crippen LogP contribution is -2.36. The second kappa shape index (κ2) is 5.52. The molecule has 1 aromatic carbocycles. The zero-order valence-electron chi connectivity index (χ0n) is 11.6. The van der Waals surface area contributed by atoms with E-state index in [2.05, 4.69) is 0 Å².